The minimum absolute atomic E-state index is 0.103. The molecule has 1 fully saturated rings. The summed E-state index contributed by atoms with van der Waals surface area (Å²) in [4.78, 5) is 11.5. The highest BCUT2D eigenvalue weighted by molar-refractivity contribution is 5.82. The minimum Gasteiger partial charge on any atom is -0.392 e. The first-order chi connectivity index (χ1) is 5.93. The summed E-state index contributed by atoms with van der Waals surface area (Å²) < 4.78 is 0. The van der Waals surface area contributed by atoms with Gasteiger partial charge in [-0.25, -0.2) is 0 Å². The van der Waals surface area contributed by atoms with E-state index in [4.69, 9.17) is 0 Å². The van der Waals surface area contributed by atoms with Crippen molar-refractivity contribution in [1.29, 1.82) is 0 Å². The maximum Gasteiger partial charge on any atom is 0.138 e. The van der Waals surface area contributed by atoms with E-state index in [2.05, 4.69) is 0 Å². The number of carbonyl (C=O) groups is 1. The van der Waals surface area contributed by atoms with E-state index in [-0.39, 0.29) is 17.1 Å². The Kier molecular flexibility index (Phi) is 3.12. The molecule has 76 valence electrons. The molecule has 1 rings (SSSR count). The van der Waals surface area contributed by atoms with Crippen molar-refractivity contribution in [3.05, 3.63) is 0 Å². The quantitative estimate of drug-likeness (QED) is 0.678. The van der Waals surface area contributed by atoms with Crippen LogP contribution in [0.2, 0.25) is 0 Å². The molecule has 0 unspecified atom stereocenters. The first kappa shape index (κ1) is 10.7. The fourth-order valence-corrected chi connectivity index (χ4v) is 1.95. The van der Waals surface area contributed by atoms with Gasteiger partial charge in [-0.1, -0.05) is 27.2 Å². The third-order valence-corrected chi connectivity index (χ3v) is 2.87. The fourth-order valence-electron chi connectivity index (χ4n) is 1.95. The van der Waals surface area contributed by atoms with Crippen LogP contribution in [0.15, 0.2) is 0 Å². The third kappa shape index (κ3) is 2.53. The van der Waals surface area contributed by atoms with Gasteiger partial charge in [0.15, 0.2) is 0 Å². The van der Waals surface area contributed by atoms with Gasteiger partial charge in [0.05, 0.1) is 6.10 Å². The molecule has 1 aliphatic carbocycles. The third-order valence-electron chi connectivity index (χ3n) is 2.87. The van der Waals surface area contributed by atoms with E-state index in [1.807, 2.05) is 20.8 Å². The summed E-state index contributed by atoms with van der Waals surface area (Å²) in [6, 6.07) is 0. The van der Waals surface area contributed by atoms with Crippen LogP contribution < -0.4 is 0 Å². The van der Waals surface area contributed by atoms with E-state index in [1.54, 1.807) is 0 Å². The monoisotopic (exact) mass is 184 g/mol. The highest BCUT2D eigenvalue weighted by atomic mass is 16.3. The van der Waals surface area contributed by atoms with Crippen molar-refractivity contribution >= 4 is 5.78 Å². The smallest absolute Gasteiger partial charge is 0.138 e. The summed E-state index contributed by atoms with van der Waals surface area (Å²) >= 11 is 0. The Morgan fingerprint density at radius 1 is 1.38 bits per heavy atom. The molecule has 0 spiro atoms. The molecule has 2 nitrogen and oxygen atoms in total. The topological polar surface area (TPSA) is 37.3 Å². The predicted octanol–water partition coefficient (Wildman–Crippen LogP) is 2.15. The van der Waals surface area contributed by atoms with E-state index in [0.29, 0.717) is 6.42 Å². The highest BCUT2D eigenvalue weighted by Crippen LogP contribution is 2.32. The molecule has 0 radical (unpaired) electrons. The number of carbonyl (C=O) groups excluding carboxylic acids is 1. The van der Waals surface area contributed by atoms with Crippen molar-refractivity contribution in [3.8, 4) is 0 Å². The summed E-state index contributed by atoms with van der Waals surface area (Å²) in [5.41, 5.74) is -0.169. The molecule has 13 heavy (non-hydrogen) atoms. The van der Waals surface area contributed by atoms with Gasteiger partial charge in [-0.05, 0) is 18.3 Å². The van der Waals surface area contributed by atoms with Crippen molar-refractivity contribution in [2.45, 2.75) is 52.6 Å². The number of aliphatic hydroxyl groups is 1. The van der Waals surface area contributed by atoms with Crippen LogP contribution in [0.25, 0.3) is 0 Å². The van der Waals surface area contributed by atoms with Gasteiger partial charge in [0, 0.05) is 12.3 Å². The van der Waals surface area contributed by atoms with Gasteiger partial charge in [0.2, 0.25) is 0 Å². The summed E-state index contributed by atoms with van der Waals surface area (Å²) in [6.07, 6.45) is 3.16. The van der Waals surface area contributed by atoms with Crippen molar-refractivity contribution in [2.75, 3.05) is 0 Å². The molecule has 2 atom stereocenters. The molecule has 0 aliphatic heterocycles. The van der Waals surface area contributed by atoms with Gasteiger partial charge in [-0.15, -0.1) is 0 Å². The second-order valence-electron chi connectivity index (χ2n) is 5.13. The minimum atomic E-state index is -0.472. The summed E-state index contributed by atoms with van der Waals surface area (Å²) in [5, 5.41) is 9.96. The molecule has 0 bridgehead atoms. The lowest BCUT2D eigenvalue weighted by atomic mass is 9.74. The van der Waals surface area contributed by atoms with Crippen LogP contribution in [0.1, 0.15) is 46.5 Å². The Bertz CT molecular complexity index is 191. The number of hydrogen-bond acceptors (Lipinski definition) is 2. The predicted molar refractivity (Wildman–Crippen MR) is 52.4 cm³/mol. The average molecular weight is 184 g/mol. The molecule has 0 aromatic rings. The van der Waals surface area contributed by atoms with Crippen LogP contribution >= 0.6 is 0 Å². The van der Waals surface area contributed by atoms with E-state index >= 15 is 0 Å². The van der Waals surface area contributed by atoms with Crippen LogP contribution in [0.5, 0.6) is 0 Å². The number of hydrogen-bond donors (Lipinski definition) is 1. The molecule has 0 aromatic heterocycles. The summed E-state index contributed by atoms with van der Waals surface area (Å²) in [6.45, 7) is 5.96. The van der Waals surface area contributed by atoms with E-state index < -0.39 is 6.10 Å². The standard InChI is InChI=1S/C11H20O2/c1-11(2,3)10(13)8-6-4-5-7-9(8)12/h8,10,13H,4-7H2,1-3H3/t8-,10+/m0/s1. The average Bonchev–Trinajstić information content (AvgIpc) is 2.02. The summed E-state index contributed by atoms with van der Waals surface area (Å²) in [7, 11) is 0. The molecule has 0 saturated heterocycles. The first-order valence-corrected chi connectivity index (χ1v) is 5.13. The summed E-state index contributed by atoms with van der Waals surface area (Å²) in [5.74, 6) is 0.155. The molecule has 0 heterocycles. The fraction of sp³-hybridized carbons (Fsp3) is 0.909. The maximum atomic E-state index is 11.5. The Labute approximate surface area is 80.3 Å². The molecular weight excluding hydrogens is 164 g/mol. The van der Waals surface area contributed by atoms with E-state index in [1.165, 1.54) is 0 Å². The second kappa shape index (κ2) is 3.79. The number of ketones is 1. The molecule has 0 amide bonds. The van der Waals surface area contributed by atoms with Crippen LogP contribution in [-0.4, -0.2) is 17.0 Å². The molecule has 1 N–H and O–H groups in total. The number of rotatable bonds is 1. The molecule has 0 aromatic carbocycles. The van der Waals surface area contributed by atoms with Crippen LogP contribution in [0.4, 0.5) is 0 Å². The van der Waals surface area contributed by atoms with E-state index in [9.17, 15) is 9.90 Å². The zero-order valence-electron chi connectivity index (χ0n) is 8.84. The lowest BCUT2D eigenvalue weighted by Gasteiger charge is -2.34. The lowest BCUT2D eigenvalue weighted by Crippen LogP contribution is -2.39. The van der Waals surface area contributed by atoms with Gasteiger partial charge in [0.25, 0.3) is 0 Å². The zero-order chi connectivity index (χ0) is 10.1. The SMILES string of the molecule is CC(C)(C)[C@H](O)[C@H]1CCCCC1=O. The Hall–Kier alpha value is -0.370. The molecule has 1 aliphatic rings. The molecular formula is C11H20O2. The van der Waals surface area contributed by atoms with Gasteiger partial charge >= 0.3 is 0 Å². The Morgan fingerprint density at radius 3 is 2.46 bits per heavy atom. The van der Waals surface area contributed by atoms with Crippen molar-refractivity contribution in [1.82, 2.24) is 0 Å². The largest absolute Gasteiger partial charge is 0.392 e. The van der Waals surface area contributed by atoms with Crippen LogP contribution in [-0.2, 0) is 4.79 Å². The highest BCUT2D eigenvalue weighted by Gasteiger charge is 2.35. The number of Topliss-reactive ketones (excluding diaryl/α,β-unsaturated/α-hetero) is 1. The second-order valence-corrected chi connectivity index (χ2v) is 5.13. The van der Waals surface area contributed by atoms with Gasteiger partial charge in [-0.3, -0.25) is 4.79 Å². The van der Waals surface area contributed by atoms with Gasteiger partial charge in [-0.2, -0.15) is 0 Å². The van der Waals surface area contributed by atoms with E-state index in [0.717, 1.165) is 19.3 Å². The first-order valence-electron chi connectivity index (χ1n) is 5.13. The van der Waals surface area contributed by atoms with Crippen molar-refractivity contribution in [2.24, 2.45) is 11.3 Å². The van der Waals surface area contributed by atoms with Crippen LogP contribution in [0, 0.1) is 11.3 Å². The molecule has 2 heteroatoms. The maximum absolute atomic E-state index is 11.5. The van der Waals surface area contributed by atoms with Gasteiger partial charge in [0.1, 0.15) is 5.78 Å². The van der Waals surface area contributed by atoms with Crippen molar-refractivity contribution in [3.63, 3.8) is 0 Å². The number of aliphatic hydroxyl groups excluding tert-OH is 1. The Balaban J connectivity index is 2.64. The Morgan fingerprint density at radius 2 is 2.00 bits per heavy atom. The normalized spacial score (nSPS) is 27.4. The van der Waals surface area contributed by atoms with Crippen LogP contribution in [0.3, 0.4) is 0 Å². The van der Waals surface area contributed by atoms with Gasteiger partial charge < -0.3 is 5.11 Å². The molecule has 1 saturated carbocycles. The zero-order valence-corrected chi connectivity index (χ0v) is 8.84. The van der Waals surface area contributed by atoms with Crippen molar-refractivity contribution < 1.29 is 9.90 Å². The lowest BCUT2D eigenvalue weighted by molar-refractivity contribution is -0.131.